The predicted molar refractivity (Wildman–Crippen MR) is 71.7 cm³/mol. The van der Waals surface area contributed by atoms with Crippen molar-refractivity contribution in [2.75, 3.05) is 0 Å². The summed E-state index contributed by atoms with van der Waals surface area (Å²) >= 11 is 0. The van der Waals surface area contributed by atoms with Crippen LogP contribution < -0.4 is 5.73 Å². The van der Waals surface area contributed by atoms with E-state index in [1.165, 1.54) is 19.3 Å². The Hall–Kier alpha value is -0.530. The first kappa shape index (κ1) is 13.5. The van der Waals surface area contributed by atoms with E-state index in [1.54, 1.807) is 0 Å². The molecule has 16 heavy (non-hydrogen) atoms. The van der Waals surface area contributed by atoms with E-state index in [1.807, 2.05) is 0 Å². The zero-order valence-corrected chi connectivity index (χ0v) is 11.6. The van der Waals surface area contributed by atoms with E-state index < -0.39 is 0 Å². The number of hydrogen-bond acceptors (Lipinski definition) is 1. The quantitative estimate of drug-likeness (QED) is 0.575. The maximum atomic E-state index is 5.94. The highest BCUT2D eigenvalue weighted by Crippen LogP contribution is 2.46. The molecule has 2 N–H and O–H groups in total. The summed E-state index contributed by atoms with van der Waals surface area (Å²) in [7, 11) is 0. The first-order valence-electron chi connectivity index (χ1n) is 6.56. The summed E-state index contributed by atoms with van der Waals surface area (Å²) in [6.45, 7) is 11.6. The fraction of sp³-hybridized carbons (Fsp3) is 0.929. The Morgan fingerprint density at radius 1 is 1.19 bits per heavy atom. The first-order chi connectivity index (χ1) is 7.24. The van der Waals surface area contributed by atoms with Crippen molar-refractivity contribution in [2.24, 2.45) is 21.6 Å². The molecule has 0 radical (unpaired) electrons. The number of rotatable bonds is 3. The van der Waals surface area contributed by atoms with Gasteiger partial charge >= 0.3 is 0 Å². The van der Waals surface area contributed by atoms with Crippen molar-refractivity contribution in [1.29, 1.82) is 0 Å². The van der Waals surface area contributed by atoms with Gasteiger partial charge in [-0.2, -0.15) is 0 Å². The molecule has 0 spiro atoms. The van der Waals surface area contributed by atoms with Gasteiger partial charge in [0.25, 0.3) is 0 Å². The summed E-state index contributed by atoms with van der Waals surface area (Å²) in [4.78, 5) is 4.71. The Kier molecular flexibility index (Phi) is 4.03. The van der Waals surface area contributed by atoms with Crippen LogP contribution in [0.1, 0.15) is 66.7 Å². The zero-order valence-electron chi connectivity index (χ0n) is 11.6. The standard InChI is InChI=1S/C14H28N2/c1-6-7-12(15)16-11-8-13(2,3)10-14(4,5)9-11/h11H,6-10H2,1-5H3,(H2,15,16). The second-order valence-electron chi connectivity index (χ2n) is 6.94. The van der Waals surface area contributed by atoms with Crippen LogP contribution in [0.2, 0.25) is 0 Å². The summed E-state index contributed by atoms with van der Waals surface area (Å²) < 4.78 is 0. The highest BCUT2D eigenvalue weighted by molar-refractivity contribution is 5.80. The van der Waals surface area contributed by atoms with Gasteiger partial charge in [0.1, 0.15) is 0 Å². The van der Waals surface area contributed by atoms with Gasteiger partial charge in [-0.1, -0.05) is 34.6 Å². The second kappa shape index (κ2) is 4.77. The van der Waals surface area contributed by atoms with Crippen molar-refractivity contribution < 1.29 is 0 Å². The van der Waals surface area contributed by atoms with Crippen molar-refractivity contribution in [3.63, 3.8) is 0 Å². The van der Waals surface area contributed by atoms with Gasteiger partial charge in [-0.05, 0) is 36.5 Å². The van der Waals surface area contributed by atoms with Crippen LogP contribution in [0.3, 0.4) is 0 Å². The van der Waals surface area contributed by atoms with Crippen LogP contribution in [0.15, 0.2) is 4.99 Å². The fourth-order valence-electron chi connectivity index (χ4n) is 3.43. The third kappa shape index (κ3) is 4.15. The number of amidine groups is 1. The molecule has 2 nitrogen and oxygen atoms in total. The lowest BCUT2D eigenvalue weighted by Crippen LogP contribution is -2.36. The van der Waals surface area contributed by atoms with Crippen LogP contribution in [0.25, 0.3) is 0 Å². The maximum Gasteiger partial charge on any atom is 0.0940 e. The van der Waals surface area contributed by atoms with Gasteiger partial charge in [-0.25, -0.2) is 0 Å². The minimum atomic E-state index is 0.405. The summed E-state index contributed by atoms with van der Waals surface area (Å²) in [5, 5.41) is 0. The van der Waals surface area contributed by atoms with Gasteiger partial charge in [-0.15, -0.1) is 0 Å². The molecule has 1 aliphatic carbocycles. The minimum Gasteiger partial charge on any atom is -0.387 e. The van der Waals surface area contributed by atoms with E-state index in [0.717, 1.165) is 18.7 Å². The number of nitrogens with two attached hydrogens (primary N) is 1. The normalized spacial score (nSPS) is 25.7. The van der Waals surface area contributed by atoms with Crippen molar-refractivity contribution in [2.45, 2.75) is 72.8 Å². The SMILES string of the molecule is CCCC(N)=NC1CC(C)(C)CC(C)(C)C1. The van der Waals surface area contributed by atoms with Crippen LogP contribution in [0.4, 0.5) is 0 Å². The van der Waals surface area contributed by atoms with E-state index in [0.29, 0.717) is 16.9 Å². The number of hydrogen-bond donors (Lipinski definition) is 1. The topological polar surface area (TPSA) is 38.4 Å². The second-order valence-corrected chi connectivity index (χ2v) is 6.94. The average Bonchev–Trinajstić information content (AvgIpc) is 1.96. The van der Waals surface area contributed by atoms with Crippen LogP contribution in [-0.4, -0.2) is 11.9 Å². The number of nitrogens with zero attached hydrogens (tertiary/aromatic N) is 1. The predicted octanol–water partition coefficient (Wildman–Crippen LogP) is 3.75. The van der Waals surface area contributed by atoms with Crippen LogP contribution in [-0.2, 0) is 0 Å². The van der Waals surface area contributed by atoms with Gasteiger partial charge in [0, 0.05) is 6.42 Å². The van der Waals surface area contributed by atoms with E-state index in [2.05, 4.69) is 34.6 Å². The average molecular weight is 224 g/mol. The molecule has 0 aromatic rings. The van der Waals surface area contributed by atoms with Crippen LogP contribution >= 0.6 is 0 Å². The van der Waals surface area contributed by atoms with Crippen molar-refractivity contribution in [1.82, 2.24) is 0 Å². The minimum absolute atomic E-state index is 0.405. The van der Waals surface area contributed by atoms with Gasteiger partial charge in [-0.3, -0.25) is 4.99 Å². The van der Waals surface area contributed by atoms with Crippen LogP contribution in [0, 0.1) is 10.8 Å². The Morgan fingerprint density at radius 3 is 2.12 bits per heavy atom. The zero-order chi connectivity index (χ0) is 12.4. The molecule has 2 heteroatoms. The van der Waals surface area contributed by atoms with Crippen molar-refractivity contribution in [3.8, 4) is 0 Å². The maximum absolute atomic E-state index is 5.94. The molecule has 0 unspecified atom stereocenters. The molecule has 0 atom stereocenters. The largest absolute Gasteiger partial charge is 0.387 e. The Labute approximate surface area is 101 Å². The van der Waals surface area contributed by atoms with E-state index >= 15 is 0 Å². The molecule has 0 aliphatic heterocycles. The molecule has 0 amide bonds. The van der Waals surface area contributed by atoms with Gasteiger partial charge in [0.15, 0.2) is 0 Å². The molecule has 0 bridgehead atoms. The Morgan fingerprint density at radius 2 is 1.69 bits per heavy atom. The molecule has 1 aliphatic rings. The van der Waals surface area contributed by atoms with E-state index in [4.69, 9.17) is 10.7 Å². The smallest absolute Gasteiger partial charge is 0.0940 e. The Bertz CT molecular complexity index is 248. The van der Waals surface area contributed by atoms with Gasteiger partial charge in [0.05, 0.1) is 11.9 Å². The van der Waals surface area contributed by atoms with Crippen molar-refractivity contribution in [3.05, 3.63) is 0 Å². The highest BCUT2D eigenvalue weighted by atomic mass is 14.9. The summed E-state index contributed by atoms with van der Waals surface area (Å²) in [6.07, 6.45) is 5.69. The molecule has 0 heterocycles. The lowest BCUT2D eigenvalue weighted by Gasteiger charge is -2.43. The molecule has 0 saturated heterocycles. The summed E-state index contributed by atoms with van der Waals surface area (Å²) in [6, 6.07) is 0.435. The molecule has 1 fully saturated rings. The first-order valence-corrected chi connectivity index (χ1v) is 6.56. The Balaban J connectivity index is 2.71. The summed E-state index contributed by atoms with van der Waals surface area (Å²) in [5.41, 5.74) is 6.75. The molecule has 1 saturated carbocycles. The molecule has 1 rings (SSSR count). The molecule has 94 valence electrons. The molecular formula is C14H28N2. The van der Waals surface area contributed by atoms with E-state index in [9.17, 15) is 0 Å². The van der Waals surface area contributed by atoms with Crippen molar-refractivity contribution >= 4 is 5.84 Å². The van der Waals surface area contributed by atoms with Gasteiger partial charge < -0.3 is 5.73 Å². The molecule has 0 aromatic heterocycles. The summed E-state index contributed by atoms with van der Waals surface area (Å²) in [5.74, 6) is 0.848. The van der Waals surface area contributed by atoms with Gasteiger partial charge in [0.2, 0.25) is 0 Å². The number of aliphatic imine (C=N–C) groups is 1. The highest BCUT2D eigenvalue weighted by Gasteiger charge is 2.38. The molecule has 0 aromatic carbocycles. The molecular weight excluding hydrogens is 196 g/mol. The van der Waals surface area contributed by atoms with Crippen LogP contribution in [0.5, 0.6) is 0 Å². The lowest BCUT2D eigenvalue weighted by atomic mass is 9.64. The monoisotopic (exact) mass is 224 g/mol. The van der Waals surface area contributed by atoms with E-state index in [-0.39, 0.29) is 0 Å². The fourth-order valence-corrected chi connectivity index (χ4v) is 3.43. The lowest BCUT2D eigenvalue weighted by molar-refractivity contribution is 0.0996. The third-order valence-corrected chi connectivity index (χ3v) is 3.39. The third-order valence-electron chi connectivity index (χ3n) is 3.39.